The van der Waals surface area contributed by atoms with Crippen LogP contribution in [-0.4, -0.2) is 38.5 Å². The molecule has 0 unspecified atom stereocenters. The third-order valence-corrected chi connectivity index (χ3v) is 3.19. The van der Waals surface area contributed by atoms with Gasteiger partial charge in [0.05, 0.1) is 21.3 Å². The summed E-state index contributed by atoms with van der Waals surface area (Å²) in [4.78, 5) is 0. The Bertz CT molecular complexity index is 605. The molecule has 0 bridgehead atoms. The SMILES string of the molecule is COc1cc(OC)cc(-c2ccc(B(O)O)cc2OC)c1. The lowest BCUT2D eigenvalue weighted by Crippen LogP contribution is -2.29. The predicted molar refractivity (Wildman–Crippen MR) is 81.4 cm³/mol. The molecular formula is C15H17BO5. The van der Waals surface area contributed by atoms with Crippen LogP contribution >= 0.6 is 0 Å². The van der Waals surface area contributed by atoms with E-state index in [2.05, 4.69) is 0 Å². The van der Waals surface area contributed by atoms with Gasteiger partial charge in [-0.2, -0.15) is 0 Å². The van der Waals surface area contributed by atoms with Gasteiger partial charge in [-0.3, -0.25) is 0 Å². The maximum Gasteiger partial charge on any atom is 0.488 e. The van der Waals surface area contributed by atoms with Gasteiger partial charge in [0.25, 0.3) is 0 Å². The van der Waals surface area contributed by atoms with Gasteiger partial charge in [-0.05, 0) is 29.2 Å². The Kier molecular flexibility index (Phi) is 4.72. The van der Waals surface area contributed by atoms with Crippen molar-refractivity contribution in [1.29, 1.82) is 0 Å². The summed E-state index contributed by atoms with van der Waals surface area (Å²) in [5.74, 6) is 1.87. The fourth-order valence-corrected chi connectivity index (χ4v) is 2.07. The predicted octanol–water partition coefficient (Wildman–Crippen LogP) is 1.06. The maximum absolute atomic E-state index is 9.23. The largest absolute Gasteiger partial charge is 0.497 e. The molecule has 0 radical (unpaired) electrons. The number of ether oxygens (including phenoxy) is 3. The Morgan fingerprint density at radius 1 is 0.810 bits per heavy atom. The van der Waals surface area contributed by atoms with Crippen LogP contribution in [0.15, 0.2) is 36.4 Å². The Balaban J connectivity index is 2.55. The molecule has 0 saturated heterocycles. The second-order valence-electron chi connectivity index (χ2n) is 4.43. The topological polar surface area (TPSA) is 68.2 Å². The highest BCUT2D eigenvalue weighted by molar-refractivity contribution is 6.58. The van der Waals surface area contributed by atoms with Gasteiger partial charge in [-0.15, -0.1) is 0 Å². The van der Waals surface area contributed by atoms with Crippen molar-refractivity contribution in [3.63, 3.8) is 0 Å². The molecule has 2 aromatic carbocycles. The van der Waals surface area contributed by atoms with E-state index in [1.54, 1.807) is 38.5 Å². The van der Waals surface area contributed by atoms with Gasteiger partial charge in [0.2, 0.25) is 0 Å². The first-order chi connectivity index (χ1) is 10.1. The molecular weight excluding hydrogens is 271 g/mol. The molecule has 6 heteroatoms. The van der Waals surface area contributed by atoms with Crippen molar-refractivity contribution in [2.75, 3.05) is 21.3 Å². The van der Waals surface area contributed by atoms with Crippen LogP contribution < -0.4 is 19.7 Å². The van der Waals surface area contributed by atoms with E-state index in [1.165, 1.54) is 7.11 Å². The molecule has 0 fully saturated rings. The van der Waals surface area contributed by atoms with Crippen LogP contribution in [0.1, 0.15) is 0 Å². The van der Waals surface area contributed by atoms with Gasteiger partial charge in [0.1, 0.15) is 17.2 Å². The lowest BCUT2D eigenvalue weighted by molar-refractivity contribution is 0.394. The number of hydrogen-bond acceptors (Lipinski definition) is 5. The van der Waals surface area contributed by atoms with E-state index < -0.39 is 7.12 Å². The molecule has 0 amide bonds. The molecule has 5 nitrogen and oxygen atoms in total. The summed E-state index contributed by atoms with van der Waals surface area (Å²) in [7, 11) is 3.17. The van der Waals surface area contributed by atoms with E-state index in [4.69, 9.17) is 14.2 Å². The van der Waals surface area contributed by atoms with Crippen LogP contribution in [0.5, 0.6) is 17.2 Å². The number of methoxy groups -OCH3 is 3. The summed E-state index contributed by atoms with van der Waals surface area (Å²) in [6.45, 7) is 0. The van der Waals surface area contributed by atoms with Crippen molar-refractivity contribution >= 4 is 12.6 Å². The lowest BCUT2D eigenvalue weighted by Gasteiger charge is -2.13. The zero-order valence-corrected chi connectivity index (χ0v) is 12.2. The van der Waals surface area contributed by atoms with Gasteiger partial charge < -0.3 is 24.3 Å². The third kappa shape index (κ3) is 3.29. The third-order valence-electron chi connectivity index (χ3n) is 3.19. The first-order valence-corrected chi connectivity index (χ1v) is 6.36. The molecule has 2 N–H and O–H groups in total. The summed E-state index contributed by atoms with van der Waals surface area (Å²) in [5.41, 5.74) is 2.02. The van der Waals surface area contributed by atoms with Crippen LogP contribution in [0, 0.1) is 0 Å². The van der Waals surface area contributed by atoms with Crippen LogP contribution in [0.4, 0.5) is 0 Å². The van der Waals surface area contributed by atoms with Gasteiger partial charge in [-0.1, -0.05) is 12.1 Å². The summed E-state index contributed by atoms with van der Waals surface area (Å²) < 4.78 is 15.8. The number of hydrogen-bond donors (Lipinski definition) is 2. The second-order valence-corrected chi connectivity index (χ2v) is 4.43. The zero-order chi connectivity index (χ0) is 15.4. The van der Waals surface area contributed by atoms with Crippen LogP contribution in [0.25, 0.3) is 11.1 Å². The lowest BCUT2D eigenvalue weighted by atomic mass is 9.79. The molecule has 0 aliphatic heterocycles. The molecule has 0 aliphatic carbocycles. The van der Waals surface area contributed by atoms with E-state index in [9.17, 15) is 10.0 Å². The van der Waals surface area contributed by atoms with Crippen molar-refractivity contribution < 1.29 is 24.3 Å². The highest BCUT2D eigenvalue weighted by Gasteiger charge is 2.15. The van der Waals surface area contributed by atoms with E-state index in [0.717, 1.165) is 11.1 Å². The molecule has 2 rings (SSSR count). The molecule has 0 aliphatic rings. The molecule has 2 aromatic rings. The van der Waals surface area contributed by atoms with Gasteiger partial charge in [0.15, 0.2) is 0 Å². The van der Waals surface area contributed by atoms with E-state index >= 15 is 0 Å². The van der Waals surface area contributed by atoms with Crippen LogP contribution in [0.2, 0.25) is 0 Å². The smallest absolute Gasteiger partial charge is 0.488 e. The quantitative estimate of drug-likeness (QED) is 0.805. The van der Waals surface area contributed by atoms with Crippen molar-refractivity contribution in [2.24, 2.45) is 0 Å². The number of benzene rings is 2. The fraction of sp³-hybridized carbons (Fsp3) is 0.200. The van der Waals surface area contributed by atoms with Crippen LogP contribution in [-0.2, 0) is 0 Å². The minimum absolute atomic E-state index is 0.366. The van der Waals surface area contributed by atoms with E-state index in [1.807, 2.05) is 12.1 Å². The maximum atomic E-state index is 9.23. The van der Waals surface area contributed by atoms with Gasteiger partial charge >= 0.3 is 7.12 Å². The fourth-order valence-electron chi connectivity index (χ4n) is 2.07. The first kappa shape index (κ1) is 15.2. The summed E-state index contributed by atoms with van der Waals surface area (Å²) in [6, 6.07) is 10.5. The molecule has 0 spiro atoms. The van der Waals surface area contributed by atoms with Crippen LogP contribution in [0.3, 0.4) is 0 Å². The Morgan fingerprint density at radius 3 is 1.90 bits per heavy atom. The minimum Gasteiger partial charge on any atom is -0.497 e. The molecule has 0 atom stereocenters. The van der Waals surface area contributed by atoms with E-state index in [-0.39, 0.29) is 0 Å². The highest BCUT2D eigenvalue weighted by atomic mass is 16.5. The van der Waals surface area contributed by atoms with Crippen molar-refractivity contribution in [2.45, 2.75) is 0 Å². The van der Waals surface area contributed by atoms with Crippen molar-refractivity contribution in [3.8, 4) is 28.4 Å². The Morgan fingerprint density at radius 2 is 1.43 bits per heavy atom. The first-order valence-electron chi connectivity index (χ1n) is 6.36. The van der Waals surface area contributed by atoms with Crippen molar-refractivity contribution in [1.82, 2.24) is 0 Å². The van der Waals surface area contributed by atoms with Gasteiger partial charge in [-0.25, -0.2) is 0 Å². The summed E-state index contributed by atoms with van der Waals surface area (Å²) in [5, 5.41) is 18.5. The molecule has 0 aromatic heterocycles. The average Bonchev–Trinajstić information content (AvgIpc) is 2.53. The second kappa shape index (κ2) is 6.52. The Hall–Kier alpha value is -2.18. The number of rotatable bonds is 5. The monoisotopic (exact) mass is 288 g/mol. The minimum atomic E-state index is -1.53. The summed E-state index contributed by atoms with van der Waals surface area (Å²) in [6.07, 6.45) is 0. The zero-order valence-electron chi connectivity index (χ0n) is 12.2. The summed E-state index contributed by atoms with van der Waals surface area (Å²) >= 11 is 0. The van der Waals surface area contributed by atoms with E-state index in [0.29, 0.717) is 22.7 Å². The molecule has 110 valence electrons. The molecule has 0 heterocycles. The van der Waals surface area contributed by atoms with Gasteiger partial charge in [0, 0.05) is 11.6 Å². The standard InChI is InChI=1S/C15H17BO5/c1-19-12-6-10(7-13(9-12)20-2)14-5-4-11(16(17)18)8-15(14)21-3/h4-9,17-18H,1-3H3. The normalized spacial score (nSPS) is 10.1. The highest BCUT2D eigenvalue weighted by Crippen LogP contribution is 2.34. The average molecular weight is 288 g/mol. The molecule has 21 heavy (non-hydrogen) atoms. The van der Waals surface area contributed by atoms with Crippen molar-refractivity contribution in [3.05, 3.63) is 36.4 Å². The Labute approximate surface area is 123 Å². The molecule has 0 saturated carbocycles.